The third-order valence-electron chi connectivity index (χ3n) is 2.65. The van der Waals surface area contributed by atoms with Crippen LogP contribution in [0, 0.1) is 0 Å². The molecule has 1 atom stereocenters. The lowest BCUT2D eigenvalue weighted by molar-refractivity contribution is -0.120. The first-order chi connectivity index (χ1) is 9.84. The molecule has 1 aromatic rings. The third-order valence-corrected chi connectivity index (χ3v) is 3.16. The Labute approximate surface area is 137 Å². The van der Waals surface area contributed by atoms with Gasteiger partial charge in [-0.2, -0.15) is 0 Å². The molecule has 0 aliphatic carbocycles. The van der Waals surface area contributed by atoms with Crippen LogP contribution < -0.4 is 5.32 Å². The highest BCUT2D eigenvalue weighted by atomic mass is 35.6. The van der Waals surface area contributed by atoms with E-state index in [1.165, 1.54) is 6.08 Å². The number of nitrogens with one attached hydrogen (secondary N) is 1. The maximum Gasteiger partial charge on any atom is 0.272 e. The largest absolute Gasteiger partial charge is 0.396 e. The minimum absolute atomic E-state index is 0.140. The molecule has 116 valence electrons. The van der Waals surface area contributed by atoms with Crippen molar-refractivity contribution in [2.75, 3.05) is 6.61 Å². The summed E-state index contributed by atoms with van der Waals surface area (Å²) in [6, 6.07) is 8.08. The van der Waals surface area contributed by atoms with Gasteiger partial charge in [-0.15, -0.1) is 0 Å². The average Bonchev–Trinajstić information content (AvgIpc) is 2.44. The van der Waals surface area contributed by atoms with Crippen LogP contribution in [0.2, 0.25) is 0 Å². The molecule has 0 aliphatic rings. The van der Waals surface area contributed by atoms with Gasteiger partial charge in [0.05, 0.1) is 6.04 Å². The highest BCUT2D eigenvalue weighted by molar-refractivity contribution is 6.76. The van der Waals surface area contributed by atoms with E-state index in [1.807, 2.05) is 6.07 Å². The number of halogens is 4. The van der Waals surface area contributed by atoms with Crippen LogP contribution in [0.25, 0.3) is 0 Å². The number of hydrogen-bond donors (Lipinski definition) is 2. The molecule has 0 radical (unpaired) electrons. The fourth-order valence-electron chi connectivity index (χ4n) is 1.65. The van der Waals surface area contributed by atoms with Crippen molar-refractivity contribution in [3.8, 4) is 0 Å². The first-order valence-electron chi connectivity index (χ1n) is 6.22. The molecule has 0 aliphatic heterocycles. The SMILES string of the molecule is O=C(N[C@H](Cc1ccccc1)/C(F)=C\CCO)C(Cl)(Cl)Cl. The number of carbonyl (C=O) groups excluding carboxylic acids is 1. The molecule has 7 heteroatoms. The lowest BCUT2D eigenvalue weighted by Gasteiger charge is -2.20. The number of aliphatic hydroxyl groups excluding tert-OH is 1. The second-order valence-corrected chi connectivity index (χ2v) is 6.60. The van der Waals surface area contributed by atoms with Crippen LogP contribution in [0.1, 0.15) is 12.0 Å². The van der Waals surface area contributed by atoms with Crippen LogP contribution in [-0.2, 0) is 11.2 Å². The van der Waals surface area contributed by atoms with Gasteiger partial charge >= 0.3 is 0 Å². The van der Waals surface area contributed by atoms with E-state index in [0.29, 0.717) is 0 Å². The van der Waals surface area contributed by atoms with Crippen molar-refractivity contribution in [1.82, 2.24) is 5.32 Å². The molecule has 0 aromatic heterocycles. The lowest BCUT2D eigenvalue weighted by atomic mass is 10.0. The molecule has 1 amide bonds. The van der Waals surface area contributed by atoms with Crippen molar-refractivity contribution in [3.63, 3.8) is 0 Å². The van der Waals surface area contributed by atoms with Crippen molar-refractivity contribution >= 4 is 40.7 Å². The van der Waals surface area contributed by atoms with Gasteiger partial charge in [-0.25, -0.2) is 4.39 Å². The molecular formula is C14H15Cl3FNO2. The maximum absolute atomic E-state index is 14.1. The molecule has 21 heavy (non-hydrogen) atoms. The maximum atomic E-state index is 14.1. The van der Waals surface area contributed by atoms with Crippen molar-refractivity contribution < 1.29 is 14.3 Å². The Hall–Kier alpha value is -0.810. The highest BCUT2D eigenvalue weighted by Crippen LogP contribution is 2.26. The topological polar surface area (TPSA) is 49.3 Å². The zero-order valence-corrected chi connectivity index (χ0v) is 13.3. The zero-order chi connectivity index (χ0) is 15.9. The molecule has 0 unspecified atom stereocenters. The van der Waals surface area contributed by atoms with Crippen LogP contribution in [-0.4, -0.2) is 27.5 Å². The Bertz CT molecular complexity index is 489. The quantitative estimate of drug-likeness (QED) is 0.770. The first kappa shape index (κ1) is 18.2. The number of aliphatic hydroxyl groups is 1. The van der Waals surface area contributed by atoms with E-state index in [0.717, 1.165) is 5.56 Å². The molecule has 3 nitrogen and oxygen atoms in total. The summed E-state index contributed by atoms with van der Waals surface area (Å²) in [6.45, 7) is -0.191. The summed E-state index contributed by atoms with van der Waals surface area (Å²) in [4.78, 5) is 11.7. The van der Waals surface area contributed by atoms with Crippen molar-refractivity contribution in [2.24, 2.45) is 0 Å². The summed E-state index contributed by atoms with van der Waals surface area (Å²) in [5.74, 6) is -1.49. The summed E-state index contributed by atoms with van der Waals surface area (Å²) in [5.41, 5.74) is 0.819. The van der Waals surface area contributed by atoms with Gasteiger partial charge < -0.3 is 10.4 Å². The lowest BCUT2D eigenvalue weighted by Crippen LogP contribution is -2.43. The highest BCUT2D eigenvalue weighted by Gasteiger charge is 2.33. The summed E-state index contributed by atoms with van der Waals surface area (Å²) >= 11 is 16.4. The average molecular weight is 355 g/mol. The van der Waals surface area contributed by atoms with Gasteiger partial charge in [0.1, 0.15) is 5.83 Å². The number of amides is 1. The Balaban J connectivity index is 2.87. The second kappa shape index (κ2) is 8.59. The van der Waals surface area contributed by atoms with Crippen LogP contribution >= 0.6 is 34.8 Å². The normalized spacial score (nSPS) is 13.9. The molecule has 2 N–H and O–H groups in total. The van der Waals surface area contributed by atoms with Gasteiger partial charge in [-0.3, -0.25) is 4.79 Å². The smallest absolute Gasteiger partial charge is 0.272 e. The molecule has 0 saturated heterocycles. The van der Waals surface area contributed by atoms with Crippen molar-refractivity contribution in [2.45, 2.75) is 22.7 Å². The number of rotatable bonds is 6. The van der Waals surface area contributed by atoms with E-state index >= 15 is 0 Å². The van der Waals surface area contributed by atoms with Gasteiger partial charge in [-0.1, -0.05) is 65.1 Å². The molecule has 1 rings (SSSR count). The first-order valence-corrected chi connectivity index (χ1v) is 7.36. The Morgan fingerprint density at radius 1 is 1.33 bits per heavy atom. The van der Waals surface area contributed by atoms with Gasteiger partial charge in [0, 0.05) is 6.61 Å². The molecule has 0 spiro atoms. The fourth-order valence-corrected chi connectivity index (χ4v) is 1.82. The van der Waals surface area contributed by atoms with Crippen LogP contribution in [0.3, 0.4) is 0 Å². The molecule has 1 aromatic carbocycles. The number of benzene rings is 1. The summed E-state index contributed by atoms with van der Waals surface area (Å²) in [5, 5.41) is 11.1. The monoisotopic (exact) mass is 353 g/mol. The molecular weight excluding hydrogens is 340 g/mol. The predicted molar refractivity (Wildman–Crippen MR) is 83.3 cm³/mol. The van der Waals surface area contributed by atoms with Crippen molar-refractivity contribution in [3.05, 3.63) is 47.8 Å². The van der Waals surface area contributed by atoms with Crippen molar-refractivity contribution in [1.29, 1.82) is 0 Å². The minimum atomic E-state index is -2.16. The van der Waals surface area contributed by atoms with Crippen LogP contribution in [0.5, 0.6) is 0 Å². The Morgan fingerprint density at radius 3 is 2.48 bits per heavy atom. The predicted octanol–water partition coefficient (Wildman–Crippen LogP) is 3.32. The van der Waals surface area contributed by atoms with E-state index in [-0.39, 0.29) is 19.4 Å². The van der Waals surface area contributed by atoms with Crippen LogP contribution in [0.15, 0.2) is 42.2 Å². The van der Waals surface area contributed by atoms with Gasteiger partial charge in [0.15, 0.2) is 0 Å². The second-order valence-electron chi connectivity index (χ2n) is 4.31. The van der Waals surface area contributed by atoms with Gasteiger partial charge in [0.25, 0.3) is 9.70 Å². The van der Waals surface area contributed by atoms with E-state index in [9.17, 15) is 9.18 Å². The summed E-state index contributed by atoms with van der Waals surface area (Å²) in [7, 11) is 0. The summed E-state index contributed by atoms with van der Waals surface area (Å²) < 4.78 is 11.9. The fraction of sp³-hybridized carbons (Fsp3) is 0.357. The number of carbonyl (C=O) groups is 1. The molecule has 0 heterocycles. The molecule has 0 saturated carbocycles. The summed E-state index contributed by atoms with van der Waals surface area (Å²) in [6.07, 6.45) is 1.55. The minimum Gasteiger partial charge on any atom is -0.396 e. The number of alkyl halides is 3. The third kappa shape index (κ3) is 6.66. The van der Waals surface area contributed by atoms with Gasteiger partial charge in [0.2, 0.25) is 0 Å². The van der Waals surface area contributed by atoms with E-state index in [4.69, 9.17) is 39.9 Å². The van der Waals surface area contributed by atoms with E-state index < -0.39 is 21.6 Å². The Kier molecular flexibility index (Phi) is 7.46. The standard InChI is InChI=1S/C14H15Cl3FNO2/c15-14(16,17)13(21)19-12(11(18)7-4-8-20)9-10-5-2-1-3-6-10/h1-3,5-7,12,20H,4,8-9H2,(H,19,21)/b11-7+/t12-/m1/s1. The molecule has 0 bridgehead atoms. The van der Waals surface area contributed by atoms with E-state index in [2.05, 4.69) is 5.32 Å². The number of hydrogen-bond acceptors (Lipinski definition) is 2. The van der Waals surface area contributed by atoms with Gasteiger partial charge in [-0.05, 0) is 24.5 Å². The Morgan fingerprint density at radius 2 is 1.95 bits per heavy atom. The zero-order valence-electron chi connectivity index (χ0n) is 11.0. The van der Waals surface area contributed by atoms with Crippen LogP contribution in [0.4, 0.5) is 4.39 Å². The molecule has 0 fully saturated rings. The van der Waals surface area contributed by atoms with E-state index in [1.54, 1.807) is 24.3 Å².